The number of rotatable bonds is 2. The minimum absolute atomic E-state index is 0.313. The van der Waals surface area contributed by atoms with Gasteiger partial charge in [0.25, 0.3) is 0 Å². The Morgan fingerprint density at radius 3 is 2.53 bits per heavy atom. The molecule has 1 unspecified atom stereocenters. The number of nitrogens with zero attached hydrogens (tertiary/aromatic N) is 2. The molecule has 0 saturated heterocycles. The summed E-state index contributed by atoms with van der Waals surface area (Å²) in [4.78, 5) is 4.03. The molecule has 15 heavy (non-hydrogen) atoms. The Hall–Kier alpha value is -1.68. The van der Waals surface area contributed by atoms with E-state index in [2.05, 4.69) is 4.98 Å². The Balaban J connectivity index is 2.28. The predicted octanol–water partition coefficient (Wildman–Crippen LogP) is 1.64. The largest absolute Gasteiger partial charge is 0.382 e. The summed E-state index contributed by atoms with van der Waals surface area (Å²) >= 11 is 0. The van der Waals surface area contributed by atoms with E-state index in [1.54, 1.807) is 29.2 Å². The molecule has 1 aromatic carbocycles. The highest BCUT2D eigenvalue weighted by molar-refractivity contribution is 5.24. The maximum Gasteiger partial charge on any atom is 0.123 e. The number of hydrogen-bond donors (Lipinski definition) is 1. The molecule has 0 spiro atoms. The van der Waals surface area contributed by atoms with E-state index in [-0.39, 0.29) is 5.82 Å². The first-order chi connectivity index (χ1) is 7.16. The number of hydrogen-bond acceptors (Lipinski definition) is 2. The van der Waals surface area contributed by atoms with E-state index in [9.17, 15) is 9.50 Å². The van der Waals surface area contributed by atoms with E-state index in [4.69, 9.17) is 0 Å². The maximum atomic E-state index is 12.7. The third-order valence-corrected chi connectivity index (χ3v) is 2.19. The van der Waals surface area contributed by atoms with Crippen molar-refractivity contribution in [1.82, 2.24) is 9.55 Å². The molecule has 1 heterocycles. The summed E-state index contributed by atoms with van der Waals surface area (Å²) in [6, 6.07) is 5.74. The predicted molar refractivity (Wildman–Crippen MR) is 53.7 cm³/mol. The summed E-state index contributed by atoms with van der Waals surface area (Å²) in [7, 11) is 1.83. The average molecular weight is 206 g/mol. The Labute approximate surface area is 86.8 Å². The second-order valence-corrected chi connectivity index (χ2v) is 3.42. The van der Waals surface area contributed by atoms with E-state index in [1.807, 2.05) is 7.05 Å². The molecule has 0 aliphatic rings. The van der Waals surface area contributed by atoms with Crippen molar-refractivity contribution < 1.29 is 9.50 Å². The van der Waals surface area contributed by atoms with E-state index in [0.29, 0.717) is 11.3 Å². The molecule has 0 fully saturated rings. The quantitative estimate of drug-likeness (QED) is 0.811. The van der Waals surface area contributed by atoms with Crippen LogP contribution in [0.2, 0.25) is 0 Å². The molecule has 3 nitrogen and oxygen atoms in total. The van der Waals surface area contributed by atoms with Gasteiger partial charge in [0.1, 0.15) is 11.9 Å². The Kier molecular flexibility index (Phi) is 2.51. The van der Waals surface area contributed by atoms with Gasteiger partial charge >= 0.3 is 0 Å². The molecule has 0 amide bonds. The number of aryl methyl sites for hydroxylation is 1. The van der Waals surface area contributed by atoms with E-state index in [1.165, 1.54) is 12.1 Å². The van der Waals surface area contributed by atoms with Gasteiger partial charge in [0.05, 0.1) is 12.0 Å². The second kappa shape index (κ2) is 3.82. The van der Waals surface area contributed by atoms with Crippen molar-refractivity contribution in [3.63, 3.8) is 0 Å². The van der Waals surface area contributed by atoms with Gasteiger partial charge in [-0.2, -0.15) is 0 Å². The van der Waals surface area contributed by atoms with Gasteiger partial charge in [0.2, 0.25) is 0 Å². The van der Waals surface area contributed by atoms with Crippen LogP contribution in [0.25, 0.3) is 0 Å². The average Bonchev–Trinajstić information content (AvgIpc) is 2.65. The standard InChI is InChI=1S/C11H11FN2O/c1-14-6-10(13-7-14)11(15)8-2-4-9(12)5-3-8/h2-7,11,15H,1H3. The molecule has 78 valence electrons. The summed E-state index contributed by atoms with van der Waals surface area (Å²) in [5.74, 6) is -0.313. The Morgan fingerprint density at radius 2 is 2.00 bits per heavy atom. The molecule has 0 radical (unpaired) electrons. The zero-order valence-corrected chi connectivity index (χ0v) is 8.26. The summed E-state index contributed by atoms with van der Waals surface area (Å²) in [6.07, 6.45) is 2.54. The molecule has 2 rings (SSSR count). The first-order valence-corrected chi connectivity index (χ1v) is 4.58. The molecular formula is C11H11FN2O. The van der Waals surface area contributed by atoms with Gasteiger partial charge in [0.15, 0.2) is 0 Å². The van der Waals surface area contributed by atoms with Gasteiger partial charge in [-0.1, -0.05) is 12.1 Å². The van der Waals surface area contributed by atoms with Crippen LogP contribution in [-0.4, -0.2) is 14.7 Å². The fourth-order valence-corrected chi connectivity index (χ4v) is 1.39. The number of aliphatic hydroxyl groups excluding tert-OH is 1. The zero-order chi connectivity index (χ0) is 10.8. The van der Waals surface area contributed by atoms with Gasteiger partial charge in [0, 0.05) is 13.2 Å². The fourth-order valence-electron chi connectivity index (χ4n) is 1.39. The molecule has 0 saturated carbocycles. The van der Waals surface area contributed by atoms with Crippen LogP contribution in [-0.2, 0) is 7.05 Å². The van der Waals surface area contributed by atoms with Crippen LogP contribution in [0.1, 0.15) is 17.4 Å². The number of aliphatic hydroxyl groups is 1. The van der Waals surface area contributed by atoms with Crippen molar-refractivity contribution in [2.24, 2.45) is 7.05 Å². The number of imidazole rings is 1. The van der Waals surface area contributed by atoms with E-state index in [0.717, 1.165) is 0 Å². The third kappa shape index (κ3) is 2.05. The van der Waals surface area contributed by atoms with Gasteiger partial charge < -0.3 is 9.67 Å². The lowest BCUT2D eigenvalue weighted by Gasteiger charge is -2.07. The molecule has 1 atom stereocenters. The Bertz CT molecular complexity index is 450. The van der Waals surface area contributed by atoms with Crippen LogP contribution in [0.15, 0.2) is 36.8 Å². The number of halogens is 1. The Morgan fingerprint density at radius 1 is 1.33 bits per heavy atom. The van der Waals surface area contributed by atoms with Gasteiger partial charge in [-0.3, -0.25) is 0 Å². The van der Waals surface area contributed by atoms with Gasteiger partial charge in [-0.15, -0.1) is 0 Å². The molecule has 2 aromatic rings. The van der Waals surface area contributed by atoms with Crippen molar-refractivity contribution in [2.75, 3.05) is 0 Å². The molecular weight excluding hydrogens is 195 g/mol. The van der Waals surface area contributed by atoms with Crippen molar-refractivity contribution in [3.8, 4) is 0 Å². The molecule has 1 N–H and O–H groups in total. The van der Waals surface area contributed by atoms with Crippen LogP contribution >= 0.6 is 0 Å². The normalized spacial score (nSPS) is 12.7. The smallest absolute Gasteiger partial charge is 0.123 e. The van der Waals surface area contributed by atoms with Crippen molar-refractivity contribution in [2.45, 2.75) is 6.10 Å². The monoisotopic (exact) mass is 206 g/mol. The SMILES string of the molecule is Cn1cnc(C(O)c2ccc(F)cc2)c1. The fraction of sp³-hybridized carbons (Fsp3) is 0.182. The lowest BCUT2D eigenvalue weighted by molar-refractivity contribution is 0.215. The highest BCUT2D eigenvalue weighted by Gasteiger charge is 2.12. The maximum absolute atomic E-state index is 12.7. The molecule has 0 aliphatic heterocycles. The van der Waals surface area contributed by atoms with Crippen molar-refractivity contribution >= 4 is 0 Å². The van der Waals surface area contributed by atoms with Crippen LogP contribution in [0, 0.1) is 5.82 Å². The van der Waals surface area contributed by atoms with E-state index >= 15 is 0 Å². The summed E-state index contributed by atoms with van der Waals surface area (Å²) < 4.78 is 14.4. The van der Waals surface area contributed by atoms with Crippen LogP contribution in [0.3, 0.4) is 0 Å². The molecule has 4 heteroatoms. The molecule has 0 aliphatic carbocycles. The van der Waals surface area contributed by atoms with Crippen LogP contribution in [0.4, 0.5) is 4.39 Å². The van der Waals surface area contributed by atoms with Gasteiger partial charge in [-0.05, 0) is 17.7 Å². The molecule has 1 aromatic heterocycles. The molecule has 0 bridgehead atoms. The number of benzene rings is 1. The minimum atomic E-state index is -0.799. The third-order valence-electron chi connectivity index (χ3n) is 2.19. The first kappa shape index (κ1) is 9.86. The van der Waals surface area contributed by atoms with E-state index < -0.39 is 6.10 Å². The summed E-state index contributed by atoms with van der Waals surface area (Å²) in [5.41, 5.74) is 1.19. The van der Waals surface area contributed by atoms with Gasteiger partial charge in [-0.25, -0.2) is 9.37 Å². The number of aromatic nitrogens is 2. The zero-order valence-electron chi connectivity index (χ0n) is 8.26. The highest BCUT2D eigenvalue weighted by atomic mass is 19.1. The van der Waals surface area contributed by atoms with Crippen LogP contribution in [0.5, 0.6) is 0 Å². The summed E-state index contributed by atoms with van der Waals surface area (Å²) in [5, 5.41) is 9.90. The van der Waals surface area contributed by atoms with Crippen LogP contribution < -0.4 is 0 Å². The van der Waals surface area contributed by atoms with Crippen molar-refractivity contribution in [1.29, 1.82) is 0 Å². The lowest BCUT2D eigenvalue weighted by atomic mass is 10.1. The van der Waals surface area contributed by atoms with Crippen molar-refractivity contribution in [3.05, 3.63) is 53.9 Å². The second-order valence-electron chi connectivity index (χ2n) is 3.42. The summed E-state index contributed by atoms with van der Waals surface area (Å²) in [6.45, 7) is 0. The minimum Gasteiger partial charge on any atom is -0.382 e. The highest BCUT2D eigenvalue weighted by Crippen LogP contribution is 2.19. The first-order valence-electron chi connectivity index (χ1n) is 4.58. The lowest BCUT2D eigenvalue weighted by Crippen LogP contribution is -1.99. The topological polar surface area (TPSA) is 38.0 Å².